The minimum absolute atomic E-state index is 0. The molecule has 2 aromatic carbocycles. The molecule has 1 radical (unpaired) electrons. The van der Waals surface area contributed by atoms with E-state index in [0.717, 1.165) is 9.80 Å². The number of hydrogen-bond donors (Lipinski definition) is 2. The molecule has 0 aliphatic carbocycles. The number of quaternary nitrogens is 2. The van der Waals surface area contributed by atoms with Crippen LogP contribution in [0.2, 0.25) is 0 Å². The second-order valence-corrected chi connectivity index (χ2v) is 8.10. The van der Waals surface area contributed by atoms with Crippen molar-refractivity contribution in [1.82, 2.24) is 9.80 Å². The van der Waals surface area contributed by atoms with E-state index >= 15 is 0 Å². The Bertz CT molecular complexity index is 1160. The number of ether oxygens (including phenoxy) is 2. The van der Waals surface area contributed by atoms with E-state index in [9.17, 15) is 28.8 Å². The average molecular weight is 644 g/mol. The van der Waals surface area contributed by atoms with Crippen molar-refractivity contribution in [1.29, 1.82) is 5.26 Å². The van der Waals surface area contributed by atoms with Gasteiger partial charge in [-0.05, 0) is 24.3 Å². The Morgan fingerprint density at radius 2 is 1.07 bits per heavy atom. The van der Waals surface area contributed by atoms with Crippen LogP contribution in [0.1, 0.15) is 27.6 Å². The van der Waals surface area contributed by atoms with E-state index in [0.29, 0.717) is 11.1 Å². The molecule has 2 aliphatic rings. The first-order valence-corrected chi connectivity index (χ1v) is 11.7. The fraction of sp³-hybridized carbons (Fsp3) is 0.269. The Kier molecular flexibility index (Phi) is 14.0. The molecule has 6 N–H and O–H groups in total. The second kappa shape index (κ2) is 16.6. The molecule has 6 amide bonds. The van der Waals surface area contributed by atoms with Crippen molar-refractivity contribution in [3.63, 3.8) is 0 Å². The summed E-state index contributed by atoms with van der Waals surface area (Å²) in [5, 5.41) is 9.97. The number of carbonyl (C=O) groups is 4. The van der Waals surface area contributed by atoms with Crippen molar-refractivity contribution < 1.29 is 68.4 Å². The Hall–Kier alpha value is -4.31. The van der Waals surface area contributed by atoms with Crippen molar-refractivity contribution in [2.45, 2.75) is 19.0 Å². The number of imide groups is 2. The number of nitriles is 1. The zero-order chi connectivity index (χ0) is 28.9. The number of carbonyl (C=O) groups excluding carboxylic acids is 6. The van der Waals surface area contributed by atoms with Crippen LogP contribution in [0.3, 0.4) is 0 Å². The second-order valence-electron chi connectivity index (χ2n) is 8.10. The zero-order valence-corrected chi connectivity index (χ0v) is 23.7. The number of urea groups is 2. The number of nitrogens with zero attached hydrogens (tertiary/aromatic N) is 3. The Morgan fingerprint density at radius 1 is 0.775 bits per heavy atom. The van der Waals surface area contributed by atoms with Crippen LogP contribution in [0.4, 0.5) is 0 Å². The van der Waals surface area contributed by atoms with Gasteiger partial charge in [-0.1, -0.05) is 36.4 Å². The van der Waals surface area contributed by atoms with Crippen molar-refractivity contribution in [3.05, 3.63) is 71.8 Å². The molecule has 0 spiro atoms. The largest absolute Gasteiger partial charge is 2.00 e. The summed E-state index contributed by atoms with van der Waals surface area (Å²) in [5.41, 5.74) is 0.922. The molecule has 13 nitrogen and oxygen atoms in total. The summed E-state index contributed by atoms with van der Waals surface area (Å²) in [7, 11) is 2.55. The molecule has 40 heavy (non-hydrogen) atoms. The van der Waals surface area contributed by atoms with E-state index in [1.165, 1.54) is 31.8 Å². The minimum atomic E-state index is -0.609. The summed E-state index contributed by atoms with van der Waals surface area (Å²) in [5.74, 6) is -1.61. The number of esters is 2. The predicted octanol–water partition coefficient (Wildman–Crippen LogP) is -2.06. The fourth-order valence-electron chi connectivity index (χ4n) is 3.66. The van der Waals surface area contributed by atoms with Gasteiger partial charge in [0, 0.05) is 18.1 Å². The van der Waals surface area contributed by atoms with E-state index in [2.05, 4.69) is 9.47 Å². The van der Waals surface area contributed by atoms with Crippen LogP contribution in [0, 0.1) is 11.3 Å². The summed E-state index contributed by atoms with van der Waals surface area (Å²) < 4.78 is 9.17. The Labute approximate surface area is 243 Å². The minimum Gasteiger partial charge on any atom is -0.465 e. The van der Waals surface area contributed by atoms with Gasteiger partial charge in [-0.2, -0.15) is 25.7 Å². The molecule has 4 rings (SSSR count). The van der Waals surface area contributed by atoms with Crippen molar-refractivity contribution in [2.24, 2.45) is 0 Å². The number of methoxy groups -OCH3 is 2. The summed E-state index contributed by atoms with van der Waals surface area (Å²) in [6, 6.07) is 17.3. The van der Waals surface area contributed by atoms with Crippen LogP contribution in [-0.2, 0) is 38.5 Å². The Balaban J connectivity index is 0.000000356. The monoisotopic (exact) mass is 644 g/mol. The van der Waals surface area contributed by atoms with Crippen molar-refractivity contribution in [3.8, 4) is 6.07 Å². The molecule has 2 unspecified atom stereocenters. The summed E-state index contributed by atoms with van der Waals surface area (Å²) in [6.07, 6.45) is 0. The molecular formula is C26H31N5O8Rh+6. The average Bonchev–Trinajstić information content (AvgIpc) is 3.55. The van der Waals surface area contributed by atoms with E-state index in [1.807, 2.05) is 0 Å². The maximum atomic E-state index is 12.1. The molecule has 2 aliphatic heterocycles. The smallest absolute Gasteiger partial charge is 0.465 e. The molecule has 14 heteroatoms. The van der Waals surface area contributed by atoms with Crippen LogP contribution in [0.15, 0.2) is 60.7 Å². The third kappa shape index (κ3) is 8.88. The third-order valence-electron chi connectivity index (χ3n) is 5.55. The number of nitrogens with two attached hydrogens (primary N) is 2. The number of benzene rings is 2. The van der Waals surface area contributed by atoms with Gasteiger partial charge in [0.25, 0.3) is 11.8 Å². The first kappa shape index (κ1) is 33.7. The summed E-state index contributed by atoms with van der Waals surface area (Å²) in [6.45, 7) is 1.64. The topological polar surface area (TPSA) is 193 Å². The molecule has 2 heterocycles. The summed E-state index contributed by atoms with van der Waals surface area (Å²) >= 11 is 0. The standard InChI is InChI=1S/2C12H12N2O4.C2H3N.Rh/c2*1-18-11(16)9-7-14(12(17)13-9)10(15)8-5-3-2-4-6-8;1-2-3;/h2*2-6,9H,7H2,1H3,(H,13,17);1H3;/q;;;+2/p+4. The van der Waals surface area contributed by atoms with Crippen LogP contribution < -0.4 is 10.6 Å². The first-order valence-electron chi connectivity index (χ1n) is 11.7. The van der Waals surface area contributed by atoms with E-state index in [1.54, 1.807) is 66.7 Å². The van der Waals surface area contributed by atoms with Crippen LogP contribution in [0.25, 0.3) is 0 Å². The molecule has 2 aromatic rings. The number of amides is 6. The summed E-state index contributed by atoms with van der Waals surface area (Å²) in [4.78, 5) is 68.6. The third-order valence-corrected chi connectivity index (χ3v) is 5.55. The van der Waals surface area contributed by atoms with Crippen molar-refractivity contribution in [2.75, 3.05) is 27.3 Å². The van der Waals surface area contributed by atoms with Gasteiger partial charge < -0.3 is 9.47 Å². The maximum absolute atomic E-state index is 12.1. The SMILES string of the molecule is CC#N.COC(=O)C1CN(C(=O)c2ccccc2)C(=[OH+])[NH2+]1.COC(=O)C1CN(C(=O)c2ccccc2)C(=[OH+])[NH2+]1.[Rh+2]. The van der Waals surface area contributed by atoms with Gasteiger partial charge >= 0.3 is 43.5 Å². The van der Waals surface area contributed by atoms with Gasteiger partial charge in [0.15, 0.2) is 0 Å². The molecular weight excluding hydrogens is 613 g/mol. The van der Waals surface area contributed by atoms with Crippen LogP contribution >= 0.6 is 0 Å². The van der Waals surface area contributed by atoms with Crippen LogP contribution in [-0.4, -0.2) is 94.6 Å². The molecule has 2 atom stereocenters. The predicted molar refractivity (Wildman–Crippen MR) is 136 cm³/mol. The molecule has 2 saturated heterocycles. The van der Waals surface area contributed by atoms with Gasteiger partial charge in [-0.25, -0.2) is 19.2 Å². The van der Waals surface area contributed by atoms with E-state index < -0.39 is 24.0 Å². The first-order chi connectivity index (χ1) is 18.7. The van der Waals surface area contributed by atoms with Crippen molar-refractivity contribution >= 4 is 35.8 Å². The quantitative estimate of drug-likeness (QED) is 0.217. The molecule has 211 valence electrons. The Morgan fingerprint density at radius 3 is 1.35 bits per heavy atom. The number of rotatable bonds is 4. The van der Waals surface area contributed by atoms with Gasteiger partial charge in [-0.3, -0.25) is 9.59 Å². The number of primary amides is 2. The van der Waals surface area contributed by atoms with Gasteiger partial charge in [-0.15, -0.1) is 0 Å². The normalized spacial score (nSPS) is 17.1. The van der Waals surface area contributed by atoms with Gasteiger partial charge in [0.1, 0.15) is 13.1 Å². The maximum Gasteiger partial charge on any atom is 2.00 e. The fourth-order valence-corrected chi connectivity index (χ4v) is 3.66. The van der Waals surface area contributed by atoms with Gasteiger partial charge in [0.05, 0.1) is 20.3 Å². The van der Waals surface area contributed by atoms with E-state index in [-0.39, 0.29) is 56.4 Å². The molecule has 0 aromatic heterocycles. The molecule has 0 bridgehead atoms. The van der Waals surface area contributed by atoms with Crippen LogP contribution in [0.5, 0.6) is 0 Å². The van der Waals surface area contributed by atoms with E-state index in [4.69, 9.17) is 5.26 Å². The molecule has 0 saturated carbocycles. The molecule has 2 fully saturated rings. The van der Waals surface area contributed by atoms with Gasteiger partial charge in [0.2, 0.25) is 12.1 Å². The number of hydrogen-bond acceptors (Lipinski definition) is 7. The zero-order valence-electron chi connectivity index (χ0n) is 22.0.